The Kier molecular flexibility index (Phi) is 4.57. The summed E-state index contributed by atoms with van der Waals surface area (Å²) in [6.45, 7) is 0.736. The second-order valence-electron chi connectivity index (χ2n) is 5.13. The summed E-state index contributed by atoms with van der Waals surface area (Å²) in [6.07, 6.45) is 2.81. The number of benzene rings is 2. The molecule has 0 spiro atoms. The molecule has 2 aromatic rings. The van der Waals surface area contributed by atoms with E-state index in [0.717, 1.165) is 5.56 Å². The van der Waals surface area contributed by atoms with Gasteiger partial charge in [-0.25, -0.2) is 4.39 Å². The van der Waals surface area contributed by atoms with Crippen LogP contribution in [-0.4, -0.2) is 25.2 Å². The maximum Gasteiger partial charge on any atom is 0.244 e. The summed E-state index contributed by atoms with van der Waals surface area (Å²) in [5.41, 5.74) is 0.757. The summed E-state index contributed by atoms with van der Waals surface area (Å²) in [7, 11) is 0. The zero-order valence-electron chi connectivity index (χ0n) is 12.4. The van der Waals surface area contributed by atoms with Gasteiger partial charge in [0.25, 0.3) is 0 Å². The first-order chi connectivity index (χ1) is 11.2. The summed E-state index contributed by atoms with van der Waals surface area (Å²) in [5.74, 6) is 0.851. The van der Waals surface area contributed by atoms with E-state index in [4.69, 9.17) is 9.47 Å². The molecule has 0 saturated heterocycles. The number of hydrogen-bond donors (Lipinski definition) is 1. The summed E-state index contributed by atoms with van der Waals surface area (Å²) < 4.78 is 24.1. The maximum atomic E-state index is 12.8. The Morgan fingerprint density at radius 2 is 1.91 bits per heavy atom. The van der Waals surface area contributed by atoms with E-state index in [0.29, 0.717) is 24.7 Å². The zero-order chi connectivity index (χ0) is 16.1. The first-order valence-electron chi connectivity index (χ1n) is 7.31. The normalized spacial score (nSPS) is 16.3. The fourth-order valence-electron chi connectivity index (χ4n) is 2.18. The molecule has 2 aromatic carbocycles. The van der Waals surface area contributed by atoms with E-state index >= 15 is 0 Å². The zero-order valence-corrected chi connectivity index (χ0v) is 12.4. The van der Waals surface area contributed by atoms with Crippen molar-refractivity contribution in [2.45, 2.75) is 6.10 Å². The molecule has 0 radical (unpaired) electrons. The number of rotatable bonds is 4. The fraction of sp³-hybridized carbons (Fsp3) is 0.167. The van der Waals surface area contributed by atoms with Gasteiger partial charge in [0.1, 0.15) is 18.5 Å². The van der Waals surface area contributed by atoms with Gasteiger partial charge in [-0.1, -0.05) is 24.3 Å². The molecule has 0 unspecified atom stereocenters. The number of amides is 1. The van der Waals surface area contributed by atoms with Crippen LogP contribution in [0, 0.1) is 5.82 Å². The summed E-state index contributed by atoms with van der Waals surface area (Å²) in [4.78, 5) is 11.8. The predicted molar refractivity (Wildman–Crippen MR) is 84.8 cm³/mol. The quantitative estimate of drug-likeness (QED) is 0.883. The lowest BCUT2D eigenvalue weighted by Crippen LogP contribution is -2.40. The molecule has 23 heavy (non-hydrogen) atoms. The number of carbonyl (C=O) groups is 1. The van der Waals surface area contributed by atoms with E-state index in [2.05, 4.69) is 5.32 Å². The molecule has 1 N–H and O–H groups in total. The lowest BCUT2D eigenvalue weighted by Gasteiger charge is -2.26. The smallest absolute Gasteiger partial charge is 0.244 e. The lowest BCUT2D eigenvalue weighted by molar-refractivity contribution is -0.116. The van der Waals surface area contributed by atoms with E-state index in [9.17, 15) is 9.18 Å². The van der Waals surface area contributed by atoms with Crippen molar-refractivity contribution in [2.24, 2.45) is 0 Å². The Balaban J connectivity index is 1.49. The number of ether oxygens (including phenoxy) is 2. The summed E-state index contributed by atoms with van der Waals surface area (Å²) in [5, 5.41) is 2.76. The number of halogens is 1. The first kappa shape index (κ1) is 15.1. The molecule has 5 heteroatoms. The third kappa shape index (κ3) is 4.10. The molecular formula is C18H16FNO3. The molecule has 1 aliphatic heterocycles. The molecule has 1 aliphatic rings. The van der Waals surface area contributed by atoms with Gasteiger partial charge in [0.2, 0.25) is 5.91 Å². The highest BCUT2D eigenvalue weighted by Crippen LogP contribution is 2.30. The number of fused-ring (bicyclic) bond motifs is 1. The summed E-state index contributed by atoms with van der Waals surface area (Å²) in [6, 6.07) is 13.3. The Morgan fingerprint density at radius 1 is 1.17 bits per heavy atom. The minimum atomic E-state index is -0.304. The first-order valence-corrected chi connectivity index (χ1v) is 7.31. The number of nitrogens with one attached hydrogen (secondary N) is 1. The highest BCUT2D eigenvalue weighted by Gasteiger charge is 2.20. The van der Waals surface area contributed by atoms with E-state index < -0.39 is 0 Å². The molecule has 1 amide bonds. The minimum Gasteiger partial charge on any atom is -0.486 e. The largest absolute Gasteiger partial charge is 0.486 e. The van der Waals surface area contributed by atoms with E-state index in [1.165, 1.54) is 18.2 Å². The van der Waals surface area contributed by atoms with Crippen molar-refractivity contribution in [3.8, 4) is 11.5 Å². The van der Waals surface area contributed by atoms with Crippen LogP contribution in [-0.2, 0) is 4.79 Å². The Labute approximate surface area is 133 Å². The monoisotopic (exact) mass is 313 g/mol. The second-order valence-corrected chi connectivity index (χ2v) is 5.13. The number of carbonyl (C=O) groups excluding carboxylic acids is 1. The molecule has 0 bridgehead atoms. The molecule has 3 rings (SSSR count). The van der Waals surface area contributed by atoms with Crippen LogP contribution < -0.4 is 14.8 Å². The van der Waals surface area contributed by atoms with Crippen LogP contribution in [0.2, 0.25) is 0 Å². The molecule has 118 valence electrons. The highest BCUT2D eigenvalue weighted by molar-refractivity contribution is 5.91. The van der Waals surface area contributed by atoms with Crippen LogP contribution in [0.5, 0.6) is 11.5 Å². The van der Waals surface area contributed by atoms with E-state index in [1.807, 2.05) is 24.3 Å². The van der Waals surface area contributed by atoms with E-state index in [1.54, 1.807) is 18.2 Å². The van der Waals surface area contributed by atoms with Gasteiger partial charge in [-0.3, -0.25) is 4.79 Å². The topological polar surface area (TPSA) is 47.6 Å². The van der Waals surface area contributed by atoms with Gasteiger partial charge < -0.3 is 14.8 Å². The van der Waals surface area contributed by atoms with Crippen molar-refractivity contribution >= 4 is 12.0 Å². The van der Waals surface area contributed by atoms with Crippen LogP contribution in [0.15, 0.2) is 54.6 Å². The standard InChI is InChI=1S/C18H16FNO3/c19-14-8-5-13(6-9-14)7-10-18(21)20-11-15-12-22-16-3-1-2-4-17(16)23-15/h1-10,15H,11-12H2,(H,20,21)/b10-7+/t15-/m1/s1. The van der Waals surface area contributed by atoms with Gasteiger partial charge in [0, 0.05) is 6.08 Å². The van der Waals surface area contributed by atoms with Crippen molar-refractivity contribution in [3.05, 3.63) is 66.0 Å². The minimum absolute atomic E-state index is 0.229. The highest BCUT2D eigenvalue weighted by atomic mass is 19.1. The molecule has 0 saturated carbocycles. The number of para-hydroxylation sites is 2. The summed E-state index contributed by atoms with van der Waals surface area (Å²) >= 11 is 0. The van der Waals surface area contributed by atoms with Crippen molar-refractivity contribution < 1.29 is 18.7 Å². The van der Waals surface area contributed by atoms with Crippen molar-refractivity contribution in [1.82, 2.24) is 5.32 Å². The van der Waals surface area contributed by atoms with Crippen LogP contribution in [0.4, 0.5) is 4.39 Å². The van der Waals surface area contributed by atoms with Gasteiger partial charge in [-0.2, -0.15) is 0 Å². The van der Waals surface area contributed by atoms with Crippen LogP contribution >= 0.6 is 0 Å². The van der Waals surface area contributed by atoms with Gasteiger partial charge in [0.05, 0.1) is 6.54 Å². The van der Waals surface area contributed by atoms with Crippen LogP contribution in [0.3, 0.4) is 0 Å². The van der Waals surface area contributed by atoms with Crippen molar-refractivity contribution in [1.29, 1.82) is 0 Å². The van der Waals surface area contributed by atoms with Gasteiger partial charge in [-0.15, -0.1) is 0 Å². The Hall–Kier alpha value is -2.82. The van der Waals surface area contributed by atoms with Crippen molar-refractivity contribution in [3.63, 3.8) is 0 Å². The molecule has 0 fully saturated rings. The number of hydrogen-bond acceptors (Lipinski definition) is 3. The molecule has 0 aromatic heterocycles. The molecule has 0 aliphatic carbocycles. The van der Waals surface area contributed by atoms with Gasteiger partial charge in [-0.05, 0) is 35.9 Å². The third-order valence-electron chi connectivity index (χ3n) is 3.37. The van der Waals surface area contributed by atoms with Crippen molar-refractivity contribution in [2.75, 3.05) is 13.2 Å². The lowest BCUT2D eigenvalue weighted by atomic mass is 10.2. The average Bonchev–Trinajstić information content (AvgIpc) is 2.59. The molecule has 4 nitrogen and oxygen atoms in total. The molecular weight excluding hydrogens is 297 g/mol. The Bertz CT molecular complexity index is 712. The SMILES string of the molecule is O=C(/C=C/c1ccc(F)cc1)NC[C@@H]1COc2ccccc2O1. The van der Waals surface area contributed by atoms with Gasteiger partial charge in [0.15, 0.2) is 11.5 Å². The average molecular weight is 313 g/mol. The maximum absolute atomic E-state index is 12.8. The Morgan fingerprint density at radius 3 is 2.70 bits per heavy atom. The fourth-order valence-corrected chi connectivity index (χ4v) is 2.18. The molecule has 1 atom stereocenters. The van der Waals surface area contributed by atoms with E-state index in [-0.39, 0.29) is 17.8 Å². The predicted octanol–water partition coefficient (Wildman–Crippen LogP) is 2.80. The van der Waals surface area contributed by atoms with Crippen LogP contribution in [0.1, 0.15) is 5.56 Å². The second kappa shape index (κ2) is 6.96. The third-order valence-corrected chi connectivity index (χ3v) is 3.37. The molecule has 1 heterocycles. The van der Waals surface area contributed by atoms with Gasteiger partial charge >= 0.3 is 0 Å². The van der Waals surface area contributed by atoms with Crippen LogP contribution in [0.25, 0.3) is 6.08 Å².